The minimum Gasteiger partial charge on any atom is -0.494 e. The first-order chi connectivity index (χ1) is 8.78. The molecule has 0 amide bonds. The predicted octanol–water partition coefficient (Wildman–Crippen LogP) is 4.38. The molecule has 1 aromatic carbocycles. The molecule has 1 heterocycles. The molecule has 0 bridgehead atoms. The number of nitrogens with zero attached hydrogens (tertiary/aromatic N) is 1. The molecule has 0 saturated carbocycles. The molecule has 0 aliphatic heterocycles. The van der Waals surface area contributed by atoms with Crippen LogP contribution in [0.5, 0.6) is 5.75 Å². The van der Waals surface area contributed by atoms with Gasteiger partial charge >= 0.3 is 0 Å². The third kappa shape index (κ3) is 3.74. The molecule has 0 spiro atoms. The third-order valence-corrected chi connectivity index (χ3v) is 2.76. The van der Waals surface area contributed by atoms with Crippen LogP contribution in [-0.2, 0) is 0 Å². The van der Waals surface area contributed by atoms with Crippen molar-refractivity contribution >= 4 is 27.4 Å². The van der Waals surface area contributed by atoms with Gasteiger partial charge in [-0.15, -0.1) is 0 Å². The van der Waals surface area contributed by atoms with Gasteiger partial charge in [0.1, 0.15) is 16.2 Å². The molecule has 4 heteroatoms. The van der Waals surface area contributed by atoms with Crippen molar-refractivity contribution in [3.8, 4) is 5.75 Å². The van der Waals surface area contributed by atoms with Gasteiger partial charge in [-0.3, -0.25) is 0 Å². The fraction of sp³-hybridized carbons (Fsp3) is 0.214. The van der Waals surface area contributed by atoms with Crippen LogP contribution in [0.4, 0.5) is 11.5 Å². The minimum atomic E-state index is 0.750. The van der Waals surface area contributed by atoms with Gasteiger partial charge in [0, 0.05) is 5.69 Å². The summed E-state index contributed by atoms with van der Waals surface area (Å²) in [5, 5.41) is 3.23. The lowest BCUT2D eigenvalue weighted by Gasteiger charge is -2.08. The molecule has 0 unspecified atom stereocenters. The summed E-state index contributed by atoms with van der Waals surface area (Å²) in [4.78, 5) is 4.31. The molecule has 1 N–H and O–H groups in total. The zero-order valence-corrected chi connectivity index (χ0v) is 11.8. The molecule has 1 aromatic heterocycles. The van der Waals surface area contributed by atoms with Gasteiger partial charge in [0.05, 0.1) is 6.61 Å². The van der Waals surface area contributed by atoms with E-state index in [2.05, 4.69) is 33.2 Å². The number of pyridine rings is 1. The van der Waals surface area contributed by atoms with E-state index in [1.165, 1.54) is 0 Å². The summed E-state index contributed by atoms with van der Waals surface area (Å²) < 4.78 is 6.34. The Balaban J connectivity index is 2.02. The van der Waals surface area contributed by atoms with E-state index in [9.17, 15) is 0 Å². The highest BCUT2D eigenvalue weighted by Crippen LogP contribution is 2.20. The molecule has 0 atom stereocenters. The molecule has 0 fully saturated rings. The Kier molecular flexibility index (Phi) is 4.59. The van der Waals surface area contributed by atoms with Crippen LogP contribution in [0, 0.1) is 0 Å². The van der Waals surface area contributed by atoms with Gasteiger partial charge in [0.15, 0.2) is 0 Å². The van der Waals surface area contributed by atoms with Crippen LogP contribution < -0.4 is 10.1 Å². The quantitative estimate of drug-likeness (QED) is 0.833. The van der Waals surface area contributed by atoms with E-state index in [-0.39, 0.29) is 0 Å². The van der Waals surface area contributed by atoms with Crippen LogP contribution in [0.15, 0.2) is 47.1 Å². The van der Waals surface area contributed by atoms with Crippen molar-refractivity contribution in [2.75, 3.05) is 11.9 Å². The third-order valence-electron chi connectivity index (χ3n) is 2.31. The number of benzene rings is 1. The van der Waals surface area contributed by atoms with Crippen LogP contribution >= 0.6 is 15.9 Å². The second-order valence-corrected chi connectivity index (χ2v) is 4.66. The average Bonchev–Trinajstić information content (AvgIpc) is 2.38. The molecule has 18 heavy (non-hydrogen) atoms. The van der Waals surface area contributed by atoms with E-state index < -0.39 is 0 Å². The molecular formula is C14H15BrN2O. The topological polar surface area (TPSA) is 34.1 Å². The van der Waals surface area contributed by atoms with E-state index in [0.717, 1.165) is 34.9 Å². The van der Waals surface area contributed by atoms with Gasteiger partial charge in [0.25, 0.3) is 0 Å². The fourth-order valence-electron chi connectivity index (χ4n) is 1.48. The number of ether oxygens (including phenoxy) is 1. The maximum absolute atomic E-state index is 5.53. The van der Waals surface area contributed by atoms with Crippen molar-refractivity contribution in [3.63, 3.8) is 0 Å². The molecule has 2 aromatic rings. The van der Waals surface area contributed by atoms with E-state index in [0.29, 0.717) is 0 Å². The Morgan fingerprint density at radius 2 is 1.94 bits per heavy atom. The fourth-order valence-corrected chi connectivity index (χ4v) is 1.82. The molecule has 0 aliphatic rings. The normalized spacial score (nSPS) is 10.1. The van der Waals surface area contributed by atoms with Crippen LogP contribution in [0.2, 0.25) is 0 Å². The summed E-state index contributed by atoms with van der Waals surface area (Å²) in [5.74, 6) is 1.70. The van der Waals surface area contributed by atoms with E-state index in [1.807, 2.05) is 42.5 Å². The number of halogens is 1. The van der Waals surface area contributed by atoms with Gasteiger partial charge in [-0.2, -0.15) is 0 Å². The number of hydrogen-bond acceptors (Lipinski definition) is 3. The Morgan fingerprint density at radius 1 is 1.17 bits per heavy atom. The van der Waals surface area contributed by atoms with Crippen LogP contribution in [0.1, 0.15) is 13.3 Å². The first-order valence-corrected chi connectivity index (χ1v) is 6.69. The molecule has 0 aliphatic carbocycles. The number of aromatic nitrogens is 1. The second kappa shape index (κ2) is 6.40. The first kappa shape index (κ1) is 12.9. The lowest BCUT2D eigenvalue weighted by molar-refractivity contribution is 0.317. The lowest BCUT2D eigenvalue weighted by Crippen LogP contribution is -1.96. The van der Waals surface area contributed by atoms with Gasteiger partial charge in [-0.05, 0) is 58.7 Å². The van der Waals surface area contributed by atoms with E-state index in [1.54, 1.807) is 0 Å². The minimum absolute atomic E-state index is 0.750. The van der Waals surface area contributed by atoms with Crippen LogP contribution in [-0.4, -0.2) is 11.6 Å². The summed E-state index contributed by atoms with van der Waals surface area (Å²) in [6.07, 6.45) is 1.02. The Hall–Kier alpha value is -1.55. The van der Waals surface area contributed by atoms with Gasteiger partial charge < -0.3 is 10.1 Å². The Bertz CT molecular complexity index is 499. The van der Waals surface area contributed by atoms with Gasteiger partial charge in [-0.25, -0.2) is 4.98 Å². The molecule has 2 rings (SSSR count). The maximum atomic E-state index is 5.53. The van der Waals surface area contributed by atoms with Crippen molar-refractivity contribution in [2.24, 2.45) is 0 Å². The summed E-state index contributed by atoms with van der Waals surface area (Å²) in [7, 11) is 0. The Labute approximate surface area is 115 Å². The largest absolute Gasteiger partial charge is 0.494 e. The van der Waals surface area contributed by atoms with Crippen molar-refractivity contribution < 1.29 is 4.74 Å². The van der Waals surface area contributed by atoms with Gasteiger partial charge in [-0.1, -0.05) is 13.0 Å². The SMILES string of the molecule is CCCOc1ccc(Nc2cccc(Br)n2)cc1. The van der Waals surface area contributed by atoms with E-state index in [4.69, 9.17) is 4.74 Å². The number of rotatable bonds is 5. The zero-order valence-electron chi connectivity index (χ0n) is 10.2. The number of hydrogen-bond donors (Lipinski definition) is 1. The highest BCUT2D eigenvalue weighted by molar-refractivity contribution is 9.10. The smallest absolute Gasteiger partial charge is 0.131 e. The average molecular weight is 307 g/mol. The lowest BCUT2D eigenvalue weighted by atomic mass is 10.3. The zero-order chi connectivity index (χ0) is 12.8. The van der Waals surface area contributed by atoms with Crippen molar-refractivity contribution in [3.05, 3.63) is 47.1 Å². The summed E-state index contributed by atoms with van der Waals surface area (Å²) in [6.45, 7) is 2.84. The molecule has 3 nitrogen and oxygen atoms in total. The van der Waals surface area contributed by atoms with E-state index >= 15 is 0 Å². The Morgan fingerprint density at radius 3 is 2.61 bits per heavy atom. The highest BCUT2D eigenvalue weighted by Gasteiger charge is 1.98. The van der Waals surface area contributed by atoms with Crippen molar-refractivity contribution in [1.82, 2.24) is 4.98 Å². The second-order valence-electron chi connectivity index (χ2n) is 3.84. The summed E-state index contributed by atoms with van der Waals surface area (Å²) in [6, 6.07) is 13.6. The van der Waals surface area contributed by atoms with Crippen molar-refractivity contribution in [2.45, 2.75) is 13.3 Å². The highest BCUT2D eigenvalue weighted by atomic mass is 79.9. The molecule has 94 valence electrons. The van der Waals surface area contributed by atoms with Crippen molar-refractivity contribution in [1.29, 1.82) is 0 Å². The summed E-state index contributed by atoms with van der Waals surface area (Å²) >= 11 is 3.34. The molecular weight excluding hydrogens is 292 g/mol. The number of anilines is 2. The molecule has 0 saturated heterocycles. The van der Waals surface area contributed by atoms with Gasteiger partial charge in [0.2, 0.25) is 0 Å². The predicted molar refractivity (Wildman–Crippen MR) is 77.4 cm³/mol. The molecule has 0 radical (unpaired) electrons. The van der Waals surface area contributed by atoms with Crippen LogP contribution in [0.3, 0.4) is 0 Å². The summed E-state index contributed by atoms with van der Waals surface area (Å²) in [5.41, 5.74) is 0.990. The first-order valence-electron chi connectivity index (χ1n) is 5.90. The van der Waals surface area contributed by atoms with Crippen LogP contribution in [0.25, 0.3) is 0 Å². The monoisotopic (exact) mass is 306 g/mol. The maximum Gasteiger partial charge on any atom is 0.131 e. The standard InChI is InChI=1S/C14H15BrN2O/c1-2-10-18-12-8-6-11(7-9-12)16-14-5-3-4-13(15)17-14/h3-9H,2,10H2,1H3,(H,16,17). The number of nitrogens with one attached hydrogen (secondary N) is 1.